The van der Waals surface area contributed by atoms with Crippen LogP contribution in [0.4, 0.5) is 0 Å². The molecule has 0 aliphatic carbocycles. The van der Waals surface area contributed by atoms with Crippen molar-refractivity contribution in [2.45, 2.75) is 0 Å². The highest BCUT2D eigenvalue weighted by Gasteiger charge is 2.17. The third-order valence-corrected chi connectivity index (χ3v) is 11.2. The maximum absolute atomic E-state index is 4.24. The van der Waals surface area contributed by atoms with Crippen LogP contribution in [0, 0.1) is 0 Å². The maximum atomic E-state index is 4.24. The van der Waals surface area contributed by atoms with Crippen LogP contribution in [0.3, 0.4) is 0 Å². The first-order valence-electron chi connectivity index (χ1n) is 18.8. The Morgan fingerprint density at radius 1 is 0.273 bits per heavy atom. The lowest BCUT2D eigenvalue weighted by Gasteiger charge is -2.14. The molecule has 2 heterocycles. The third kappa shape index (κ3) is 5.38. The van der Waals surface area contributed by atoms with E-state index in [4.69, 9.17) is 0 Å². The Labute approximate surface area is 319 Å². The molecule has 0 N–H and O–H groups in total. The van der Waals surface area contributed by atoms with Crippen LogP contribution >= 0.6 is 0 Å². The molecule has 0 bridgehead atoms. The van der Waals surface area contributed by atoms with Crippen LogP contribution in [0.25, 0.3) is 105 Å². The summed E-state index contributed by atoms with van der Waals surface area (Å²) in [4.78, 5) is 4.24. The molecule has 0 aliphatic heterocycles. The SMILES string of the molecule is c1ccc(-c2cccc(-c3cc(-c4cccc(-c5ccncc5)c4)cc(-c4ccc5cc(-n6c7cccc8ccc9cccc6c9c87)ccc5c4)c3)c2)cc1. The molecule has 11 rings (SSSR count). The molecular weight excluding hydrogens is 665 g/mol. The summed E-state index contributed by atoms with van der Waals surface area (Å²) in [7, 11) is 0. The molecule has 2 aromatic heterocycles. The van der Waals surface area contributed by atoms with E-state index in [1.54, 1.807) is 0 Å². The monoisotopic (exact) mass is 698 g/mol. The van der Waals surface area contributed by atoms with E-state index in [1.807, 2.05) is 12.4 Å². The van der Waals surface area contributed by atoms with Crippen molar-refractivity contribution in [3.8, 4) is 61.3 Å². The second-order valence-corrected chi connectivity index (χ2v) is 14.5. The Balaban J connectivity index is 1.04. The van der Waals surface area contributed by atoms with Gasteiger partial charge >= 0.3 is 0 Å². The molecule has 0 saturated heterocycles. The Morgan fingerprint density at radius 2 is 0.709 bits per heavy atom. The van der Waals surface area contributed by atoms with Crippen molar-refractivity contribution >= 4 is 43.4 Å². The summed E-state index contributed by atoms with van der Waals surface area (Å²) in [5.41, 5.74) is 15.5. The van der Waals surface area contributed by atoms with Crippen LogP contribution in [0.2, 0.25) is 0 Å². The molecule has 0 unspecified atom stereocenters. The number of rotatable bonds is 6. The first-order valence-corrected chi connectivity index (χ1v) is 18.8. The zero-order valence-corrected chi connectivity index (χ0v) is 30.0. The van der Waals surface area contributed by atoms with Crippen molar-refractivity contribution in [1.82, 2.24) is 9.55 Å². The number of fused-ring (bicyclic) bond motifs is 1. The van der Waals surface area contributed by atoms with Crippen LogP contribution in [0.5, 0.6) is 0 Å². The summed E-state index contributed by atoms with van der Waals surface area (Å²) in [6, 6.07) is 71.1. The Bertz CT molecular complexity index is 3020. The minimum atomic E-state index is 1.16. The van der Waals surface area contributed by atoms with Gasteiger partial charge in [0.1, 0.15) is 0 Å². The molecule has 0 radical (unpaired) electrons. The van der Waals surface area contributed by atoms with Crippen molar-refractivity contribution in [2.75, 3.05) is 0 Å². The van der Waals surface area contributed by atoms with Gasteiger partial charge in [-0.2, -0.15) is 0 Å². The highest BCUT2D eigenvalue weighted by atomic mass is 15.0. The standard InChI is InChI=1S/C53H34N2/c1-2-8-35(9-3-1)39-12-4-14-41(28-39)46-31-47(42-15-5-13-40(29-42)36-24-26-54-27-25-36)33-48(32-46)44-20-21-45-34-49(23-22-43(45)30-44)55-50-16-6-10-37-18-19-38-11-7-17-51(55)53(38)52(37)50/h1-34H. The molecule has 0 fully saturated rings. The summed E-state index contributed by atoms with van der Waals surface area (Å²) >= 11 is 0. The topological polar surface area (TPSA) is 17.8 Å². The van der Waals surface area contributed by atoms with Gasteiger partial charge in [-0.15, -0.1) is 0 Å². The fourth-order valence-corrected chi connectivity index (χ4v) is 8.51. The minimum Gasteiger partial charge on any atom is -0.309 e. The van der Waals surface area contributed by atoms with Gasteiger partial charge in [-0.05, 0) is 150 Å². The van der Waals surface area contributed by atoms with E-state index in [9.17, 15) is 0 Å². The van der Waals surface area contributed by atoms with E-state index in [2.05, 4.69) is 204 Å². The van der Waals surface area contributed by atoms with Crippen molar-refractivity contribution in [1.29, 1.82) is 0 Å². The van der Waals surface area contributed by atoms with Gasteiger partial charge in [0, 0.05) is 28.9 Å². The minimum absolute atomic E-state index is 1.16. The predicted octanol–water partition coefficient (Wildman–Crippen LogP) is 14.3. The largest absolute Gasteiger partial charge is 0.309 e. The molecule has 11 aromatic rings. The fraction of sp³-hybridized carbons (Fsp3) is 0. The lowest BCUT2D eigenvalue weighted by Crippen LogP contribution is -1.93. The Kier molecular flexibility index (Phi) is 7.21. The number of nitrogens with zero attached hydrogens (tertiary/aromatic N) is 2. The van der Waals surface area contributed by atoms with Gasteiger partial charge < -0.3 is 4.57 Å². The summed E-state index contributed by atoms with van der Waals surface area (Å²) in [6.45, 7) is 0. The smallest absolute Gasteiger partial charge is 0.0547 e. The van der Waals surface area contributed by atoms with Crippen LogP contribution in [0.15, 0.2) is 207 Å². The summed E-state index contributed by atoms with van der Waals surface area (Å²) < 4.78 is 2.43. The number of aromatic nitrogens is 2. The van der Waals surface area contributed by atoms with E-state index in [0.29, 0.717) is 0 Å². The van der Waals surface area contributed by atoms with Gasteiger partial charge in [0.15, 0.2) is 0 Å². The Hall–Kier alpha value is -7.29. The van der Waals surface area contributed by atoms with E-state index in [-0.39, 0.29) is 0 Å². The van der Waals surface area contributed by atoms with Crippen molar-refractivity contribution in [3.05, 3.63) is 207 Å². The second kappa shape index (κ2) is 12.7. The number of pyridine rings is 1. The van der Waals surface area contributed by atoms with E-state index >= 15 is 0 Å². The lowest BCUT2D eigenvalue weighted by molar-refractivity contribution is 1.19. The van der Waals surface area contributed by atoms with Crippen LogP contribution in [-0.2, 0) is 0 Å². The average Bonchev–Trinajstić information content (AvgIpc) is 3.61. The van der Waals surface area contributed by atoms with Gasteiger partial charge in [-0.25, -0.2) is 0 Å². The molecule has 0 saturated carbocycles. The molecule has 256 valence electrons. The van der Waals surface area contributed by atoms with E-state index < -0.39 is 0 Å². The number of hydrogen-bond acceptors (Lipinski definition) is 1. The zero-order valence-electron chi connectivity index (χ0n) is 30.0. The van der Waals surface area contributed by atoms with Crippen LogP contribution in [-0.4, -0.2) is 9.55 Å². The van der Waals surface area contributed by atoms with Crippen LogP contribution in [0.1, 0.15) is 0 Å². The van der Waals surface area contributed by atoms with Crippen molar-refractivity contribution < 1.29 is 0 Å². The Morgan fingerprint density at radius 3 is 1.31 bits per heavy atom. The normalized spacial score (nSPS) is 11.6. The lowest BCUT2D eigenvalue weighted by atomic mass is 9.91. The first-order chi connectivity index (χ1) is 27.2. The first kappa shape index (κ1) is 31.3. The molecule has 2 heteroatoms. The molecule has 2 nitrogen and oxygen atoms in total. The highest BCUT2D eigenvalue weighted by Crippen LogP contribution is 2.40. The molecular formula is C53H34N2. The van der Waals surface area contributed by atoms with Gasteiger partial charge in [0.25, 0.3) is 0 Å². The summed E-state index contributed by atoms with van der Waals surface area (Å²) in [5.74, 6) is 0. The van der Waals surface area contributed by atoms with Crippen molar-refractivity contribution in [3.63, 3.8) is 0 Å². The van der Waals surface area contributed by atoms with E-state index in [1.165, 1.54) is 99.1 Å². The maximum Gasteiger partial charge on any atom is 0.0547 e. The van der Waals surface area contributed by atoms with E-state index in [0.717, 1.165) is 5.56 Å². The molecule has 0 amide bonds. The highest BCUT2D eigenvalue weighted by molar-refractivity contribution is 6.24. The van der Waals surface area contributed by atoms with Crippen LogP contribution < -0.4 is 0 Å². The third-order valence-electron chi connectivity index (χ3n) is 11.2. The molecule has 9 aromatic carbocycles. The van der Waals surface area contributed by atoms with Gasteiger partial charge in [-0.1, -0.05) is 121 Å². The molecule has 0 aliphatic rings. The molecule has 0 spiro atoms. The summed E-state index contributed by atoms with van der Waals surface area (Å²) in [5, 5.41) is 7.66. The second-order valence-electron chi connectivity index (χ2n) is 14.5. The predicted molar refractivity (Wildman–Crippen MR) is 232 cm³/mol. The number of hydrogen-bond donors (Lipinski definition) is 0. The quantitative estimate of drug-likeness (QED) is 0.158. The van der Waals surface area contributed by atoms with Gasteiger partial charge in [0.2, 0.25) is 0 Å². The number of benzene rings is 9. The van der Waals surface area contributed by atoms with Crippen molar-refractivity contribution in [2.24, 2.45) is 0 Å². The van der Waals surface area contributed by atoms with Gasteiger partial charge in [-0.3, -0.25) is 4.98 Å². The summed E-state index contributed by atoms with van der Waals surface area (Å²) in [6.07, 6.45) is 3.71. The average molecular weight is 699 g/mol. The zero-order chi connectivity index (χ0) is 36.3. The van der Waals surface area contributed by atoms with Gasteiger partial charge in [0.05, 0.1) is 11.0 Å². The molecule has 0 atom stereocenters. The fourth-order valence-electron chi connectivity index (χ4n) is 8.51. The molecule has 55 heavy (non-hydrogen) atoms.